The largest absolute Gasteiger partial charge is 0.380 e. The molecule has 2 aromatic carbocycles. The Kier molecular flexibility index (Phi) is 7.61. The number of aromatic nitrogens is 1. The number of benzene rings is 2. The molecule has 2 fully saturated rings. The van der Waals surface area contributed by atoms with Crippen molar-refractivity contribution in [1.29, 1.82) is 0 Å². The number of H-pyrrole nitrogens is 1. The van der Waals surface area contributed by atoms with Gasteiger partial charge in [0, 0.05) is 23.7 Å². The van der Waals surface area contributed by atoms with Gasteiger partial charge in [0.25, 0.3) is 5.91 Å². The molecule has 0 bridgehead atoms. The third kappa shape index (κ3) is 5.71. The molecule has 5 rings (SSSR count). The van der Waals surface area contributed by atoms with Crippen molar-refractivity contribution >= 4 is 16.8 Å². The fourth-order valence-electron chi connectivity index (χ4n) is 3.39. The Hall–Kier alpha value is -2.80. The van der Waals surface area contributed by atoms with Crippen LogP contribution in [0.5, 0.6) is 0 Å². The van der Waals surface area contributed by atoms with Gasteiger partial charge in [-0.05, 0) is 73.6 Å². The molecular formula is C25H29F3N2O2. The number of carbonyl (C=O) groups excluding carboxylic acids is 1. The Morgan fingerprint density at radius 1 is 1.06 bits per heavy atom. The summed E-state index contributed by atoms with van der Waals surface area (Å²) in [6.07, 6.45) is 5.05. The van der Waals surface area contributed by atoms with Crippen molar-refractivity contribution in [3.8, 4) is 11.3 Å². The minimum Gasteiger partial charge on any atom is -0.380 e. The second-order valence-corrected chi connectivity index (χ2v) is 8.08. The zero-order chi connectivity index (χ0) is 23.3. The molecule has 0 atom stereocenters. The normalized spacial score (nSPS) is 16.2. The smallest absolute Gasteiger partial charge is 0.251 e. The first kappa shape index (κ1) is 23.9. The molecular weight excluding hydrogens is 417 g/mol. The van der Waals surface area contributed by atoms with Gasteiger partial charge in [-0.1, -0.05) is 20.3 Å². The van der Waals surface area contributed by atoms with Crippen molar-refractivity contribution in [2.75, 3.05) is 6.54 Å². The van der Waals surface area contributed by atoms with Crippen molar-refractivity contribution < 1.29 is 23.1 Å². The molecule has 2 saturated carbocycles. The lowest BCUT2D eigenvalue weighted by Gasteiger charge is -2.25. The zero-order valence-electron chi connectivity index (χ0n) is 18.4. The number of nitrogens with one attached hydrogen (secondary N) is 2. The van der Waals surface area contributed by atoms with E-state index in [0.29, 0.717) is 35.4 Å². The van der Waals surface area contributed by atoms with Crippen LogP contribution >= 0.6 is 0 Å². The third-order valence-corrected chi connectivity index (χ3v) is 5.72. The highest BCUT2D eigenvalue weighted by atomic mass is 19.1. The van der Waals surface area contributed by atoms with Gasteiger partial charge in [0.1, 0.15) is 23.1 Å². The molecule has 32 heavy (non-hydrogen) atoms. The monoisotopic (exact) mass is 446 g/mol. The number of fused-ring (bicyclic) bond motifs is 1. The maximum Gasteiger partial charge on any atom is 0.251 e. The lowest BCUT2D eigenvalue weighted by Crippen LogP contribution is -2.40. The van der Waals surface area contributed by atoms with Crippen LogP contribution in [0.3, 0.4) is 0 Å². The SMILES string of the molecule is CC.Fc1ccc(-c2cc3cc(F)cc(F)c3[nH]2)cc1.O=C(NCC1CCC1)C1(O)CC1. The van der Waals surface area contributed by atoms with Gasteiger partial charge < -0.3 is 15.4 Å². The summed E-state index contributed by atoms with van der Waals surface area (Å²) in [5.74, 6) is -1.08. The molecule has 1 heterocycles. The Bertz CT molecular complexity index is 1050. The highest BCUT2D eigenvalue weighted by Crippen LogP contribution is 2.35. The van der Waals surface area contributed by atoms with Crippen LogP contribution in [0.25, 0.3) is 22.2 Å². The fourth-order valence-corrected chi connectivity index (χ4v) is 3.39. The van der Waals surface area contributed by atoms with E-state index in [-0.39, 0.29) is 17.2 Å². The van der Waals surface area contributed by atoms with Crippen molar-refractivity contribution in [3.63, 3.8) is 0 Å². The number of amides is 1. The molecule has 4 nitrogen and oxygen atoms in total. The van der Waals surface area contributed by atoms with Crippen molar-refractivity contribution in [3.05, 3.63) is 59.9 Å². The summed E-state index contributed by atoms with van der Waals surface area (Å²) in [6.45, 7) is 4.77. The van der Waals surface area contributed by atoms with E-state index in [2.05, 4.69) is 10.3 Å². The molecule has 3 N–H and O–H groups in total. The van der Waals surface area contributed by atoms with Crippen LogP contribution in [0.2, 0.25) is 0 Å². The van der Waals surface area contributed by atoms with Crippen LogP contribution in [0, 0.1) is 23.4 Å². The molecule has 2 aliphatic carbocycles. The second-order valence-electron chi connectivity index (χ2n) is 8.08. The van der Waals surface area contributed by atoms with E-state index < -0.39 is 17.2 Å². The maximum atomic E-state index is 13.5. The summed E-state index contributed by atoms with van der Waals surface area (Å²) < 4.78 is 39.4. The third-order valence-electron chi connectivity index (χ3n) is 5.72. The second kappa shape index (κ2) is 10.2. The van der Waals surface area contributed by atoms with Gasteiger partial charge >= 0.3 is 0 Å². The molecule has 0 aliphatic heterocycles. The number of hydrogen-bond donors (Lipinski definition) is 3. The lowest BCUT2D eigenvalue weighted by atomic mass is 9.85. The molecule has 1 amide bonds. The van der Waals surface area contributed by atoms with Gasteiger partial charge in [-0.2, -0.15) is 0 Å². The van der Waals surface area contributed by atoms with E-state index in [0.717, 1.165) is 12.6 Å². The van der Waals surface area contributed by atoms with E-state index in [9.17, 15) is 23.1 Å². The van der Waals surface area contributed by atoms with Crippen LogP contribution in [0.4, 0.5) is 13.2 Å². The van der Waals surface area contributed by atoms with Crippen LogP contribution in [-0.4, -0.2) is 28.1 Å². The first-order valence-corrected chi connectivity index (χ1v) is 11.1. The van der Waals surface area contributed by atoms with E-state index in [4.69, 9.17) is 0 Å². The first-order valence-electron chi connectivity index (χ1n) is 11.1. The summed E-state index contributed by atoms with van der Waals surface area (Å²) in [7, 11) is 0. The summed E-state index contributed by atoms with van der Waals surface area (Å²) in [5.41, 5.74) is 0.599. The predicted octanol–water partition coefficient (Wildman–Crippen LogP) is 5.71. The number of halogens is 3. The number of carbonyl (C=O) groups is 1. The van der Waals surface area contributed by atoms with Gasteiger partial charge in [0.2, 0.25) is 0 Å². The van der Waals surface area contributed by atoms with Crippen LogP contribution in [0.15, 0.2) is 42.5 Å². The van der Waals surface area contributed by atoms with E-state index in [1.54, 1.807) is 18.2 Å². The van der Waals surface area contributed by atoms with E-state index in [1.807, 2.05) is 13.8 Å². The van der Waals surface area contributed by atoms with Gasteiger partial charge in [-0.25, -0.2) is 13.2 Å². The van der Waals surface area contributed by atoms with E-state index in [1.165, 1.54) is 37.5 Å². The minimum absolute atomic E-state index is 0.158. The Morgan fingerprint density at radius 2 is 1.72 bits per heavy atom. The summed E-state index contributed by atoms with van der Waals surface area (Å²) in [6, 6.07) is 9.50. The highest BCUT2D eigenvalue weighted by molar-refractivity contribution is 5.87. The molecule has 0 spiro atoms. The molecule has 0 saturated heterocycles. The maximum absolute atomic E-state index is 13.5. The molecule has 2 aliphatic rings. The van der Waals surface area contributed by atoms with Crippen LogP contribution < -0.4 is 5.32 Å². The lowest BCUT2D eigenvalue weighted by molar-refractivity contribution is -0.131. The summed E-state index contributed by atoms with van der Waals surface area (Å²) in [4.78, 5) is 14.1. The Morgan fingerprint density at radius 3 is 2.28 bits per heavy atom. The van der Waals surface area contributed by atoms with Gasteiger partial charge in [0.15, 0.2) is 0 Å². The number of rotatable bonds is 4. The molecule has 172 valence electrons. The van der Waals surface area contributed by atoms with Crippen molar-refractivity contribution in [2.24, 2.45) is 5.92 Å². The molecule has 3 aromatic rings. The number of aliphatic hydroxyl groups is 1. The average Bonchev–Trinajstić information content (AvgIpc) is 3.35. The Balaban J connectivity index is 0.000000180. The molecule has 0 unspecified atom stereocenters. The van der Waals surface area contributed by atoms with Crippen molar-refractivity contribution in [1.82, 2.24) is 10.3 Å². The van der Waals surface area contributed by atoms with E-state index >= 15 is 0 Å². The standard InChI is InChI=1S/C14H8F3N.C9H15NO2.C2H6/c15-10-3-1-8(2-4-10)13-6-9-5-11(16)7-12(17)14(9)18-13;11-8(9(12)4-5-9)10-6-7-2-1-3-7;1-2/h1-7,18H;7,12H,1-6H2,(H,10,11);1-2H3. The van der Waals surface area contributed by atoms with Crippen molar-refractivity contribution in [2.45, 2.75) is 51.6 Å². The van der Waals surface area contributed by atoms with Gasteiger partial charge in [0.05, 0.1) is 5.52 Å². The topological polar surface area (TPSA) is 65.1 Å². The predicted molar refractivity (Wildman–Crippen MR) is 119 cm³/mol. The highest BCUT2D eigenvalue weighted by Gasteiger charge is 2.48. The number of hydrogen-bond acceptors (Lipinski definition) is 2. The Labute approximate surface area is 185 Å². The zero-order valence-corrected chi connectivity index (χ0v) is 18.4. The molecule has 7 heteroatoms. The van der Waals surface area contributed by atoms with Crippen LogP contribution in [-0.2, 0) is 4.79 Å². The fraction of sp³-hybridized carbons (Fsp3) is 0.400. The van der Waals surface area contributed by atoms with Gasteiger partial charge in [-0.3, -0.25) is 4.79 Å². The summed E-state index contributed by atoms with van der Waals surface area (Å²) >= 11 is 0. The van der Waals surface area contributed by atoms with Gasteiger partial charge in [-0.15, -0.1) is 0 Å². The minimum atomic E-state index is -0.982. The number of aromatic amines is 1. The quantitative estimate of drug-likeness (QED) is 0.481. The van der Waals surface area contributed by atoms with Crippen LogP contribution in [0.1, 0.15) is 46.0 Å². The molecule has 1 aromatic heterocycles. The first-order chi connectivity index (χ1) is 15.3. The summed E-state index contributed by atoms with van der Waals surface area (Å²) in [5, 5.41) is 12.6. The molecule has 0 radical (unpaired) electrons. The average molecular weight is 447 g/mol.